The van der Waals surface area contributed by atoms with Crippen molar-refractivity contribution < 1.29 is 9.59 Å². The van der Waals surface area contributed by atoms with Crippen LogP contribution in [0.1, 0.15) is 59.3 Å². The third kappa shape index (κ3) is 4.20. The quantitative estimate of drug-likeness (QED) is 0.742. The summed E-state index contributed by atoms with van der Waals surface area (Å²) in [7, 11) is 0. The van der Waals surface area contributed by atoms with E-state index in [0.717, 1.165) is 32.1 Å². The van der Waals surface area contributed by atoms with Crippen LogP contribution in [0.4, 0.5) is 0 Å². The molecular weight excluding hydrogens is 254 g/mol. The van der Waals surface area contributed by atoms with Crippen molar-refractivity contribution in [1.82, 2.24) is 10.2 Å². The van der Waals surface area contributed by atoms with E-state index in [1.807, 2.05) is 20.8 Å². The zero-order valence-electron chi connectivity index (χ0n) is 13.1. The second-order valence-electron chi connectivity index (χ2n) is 5.78. The van der Waals surface area contributed by atoms with Crippen LogP contribution in [-0.2, 0) is 9.59 Å². The van der Waals surface area contributed by atoms with E-state index in [-0.39, 0.29) is 23.4 Å². The van der Waals surface area contributed by atoms with Gasteiger partial charge in [0.05, 0.1) is 0 Å². The van der Waals surface area contributed by atoms with Gasteiger partial charge in [-0.2, -0.15) is 0 Å². The van der Waals surface area contributed by atoms with Gasteiger partial charge in [-0.25, -0.2) is 0 Å². The standard InChI is InChI=1S/C15H29N3O2/c1-4-8-13(19)18-10-7-9-12(18)14(20)17-11-15(16,5-2)6-3/h12H,4-11,16H2,1-3H3,(H,17,20). The zero-order valence-corrected chi connectivity index (χ0v) is 13.1. The molecule has 2 amide bonds. The van der Waals surface area contributed by atoms with Gasteiger partial charge in [-0.1, -0.05) is 20.8 Å². The number of likely N-dealkylation sites (tertiary alicyclic amines) is 1. The molecule has 5 nitrogen and oxygen atoms in total. The van der Waals surface area contributed by atoms with Gasteiger partial charge in [-0.05, 0) is 32.1 Å². The Morgan fingerprint density at radius 1 is 1.30 bits per heavy atom. The van der Waals surface area contributed by atoms with Gasteiger partial charge in [-0.3, -0.25) is 9.59 Å². The summed E-state index contributed by atoms with van der Waals surface area (Å²) in [4.78, 5) is 26.0. The highest BCUT2D eigenvalue weighted by Gasteiger charge is 2.34. The van der Waals surface area contributed by atoms with Crippen LogP contribution in [0.5, 0.6) is 0 Å². The minimum atomic E-state index is -0.341. The fourth-order valence-corrected chi connectivity index (χ4v) is 2.58. The van der Waals surface area contributed by atoms with E-state index < -0.39 is 0 Å². The molecule has 1 atom stereocenters. The largest absolute Gasteiger partial charge is 0.352 e. The highest BCUT2D eigenvalue weighted by molar-refractivity contribution is 5.88. The van der Waals surface area contributed by atoms with Gasteiger partial charge in [0.25, 0.3) is 0 Å². The van der Waals surface area contributed by atoms with Crippen LogP contribution in [0, 0.1) is 0 Å². The van der Waals surface area contributed by atoms with E-state index in [1.54, 1.807) is 4.90 Å². The molecule has 1 saturated heterocycles. The normalized spacial score (nSPS) is 19.2. The first kappa shape index (κ1) is 17.0. The molecule has 1 rings (SSSR count). The first-order chi connectivity index (χ1) is 9.47. The molecule has 0 aromatic heterocycles. The van der Waals surface area contributed by atoms with E-state index in [1.165, 1.54) is 0 Å². The van der Waals surface area contributed by atoms with Crippen molar-refractivity contribution in [2.24, 2.45) is 5.73 Å². The molecule has 0 aromatic carbocycles. The number of carbonyl (C=O) groups is 2. The van der Waals surface area contributed by atoms with Crippen LogP contribution in [0.15, 0.2) is 0 Å². The molecule has 0 aromatic rings. The van der Waals surface area contributed by atoms with Gasteiger partial charge in [0, 0.05) is 25.0 Å². The van der Waals surface area contributed by atoms with Crippen molar-refractivity contribution in [3.05, 3.63) is 0 Å². The monoisotopic (exact) mass is 283 g/mol. The molecule has 20 heavy (non-hydrogen) atoms. The minimum Gasteiger partial charge on any atom is -0.352 e. The van der Waals surface area contributed by atoms with Gasteiger partial charge in [0.1, 0.15) is 6.04 Å². The molecule has 3 N–H and O–H groups in total. The van der Waals surface area contributed by atoms with Crippen LogP contribution < -0.4 is 11.1 Å². The fraction of sp³-hybridized carbons (Fsp3) is 0.867. The maximum absolute atomic E-state index is 12.3. The SMILES string of the molecule is CCCC(=O)N1CCCC1C(=O)NCC(N)(CC)CC. The number of carbonyl (C=O) groups excluding carboxylic acids is 2. The number of hydrogen-bond acceptors (Lipinski definition) is 3. The van der Waals surface area contributed by atoms with Crippen LogP contribution in [0.3, 0.4) is 0 Å². The maximum atomic E-state index is 12.3. The number of hydrogen-bond donors (Lipinski definition) is 2. The van der Waals surface area contributed by atoms with E-state index in [9.17, 15) is 9.59 Å². The van der Waals surface area contributed by atoms with Crippen LogP contribution >= 0.6 is 0 Å². The molecule has 1 unspecified atom stereocenters. The molecule has 1 heterocycles. The molecule has 0 radical (unpaired) electrons. The second-order valence-corrected chi connectivity index (χ2v) is 5.78. The first-order valence-electron chi connectivity index (χ1n) is 7.83. The Balaban J connectivity index is 2.56. The van der Waals surface area contributed by atoms with Crippen molar-refractivity contribution in [2.45, 2.75) is 70.9 Å². The maximum Gasteiger partial charge on any atom is 0.242 e. The van der Waals surface area contributed by atoms with Crippen molar-refractivity contribution in [1.29, 1.82) is 0 Å². The lowest BCUT2D eigenvalue weighted by molar-refractivity contribution is -0.138. The molecule has 1 aliphatic rings. The summed E-state index contributed by atoms with van der Waals surface area (Å²) in [5.74, 6) is 0.0406. The number of amides is 2. The lowest BCUT2D eigenvalue weighted by Gasteiger charge is -2.29. The Morgan fingerprint density at radius 3 is 2.50 bits per heavy atom. The Labute approximate surface area is 122 Å². The van der Waals surface area contributed by atoms with Gasteiger partial charge in [0.15, 0.2) is 0 Å². The number of nitrogens with one attached hydrogen (secondary N) is 1. The molecule has 0 bridgehead atoms. The van der Waals surface area contributed by atoms with Gasteiger partial charge in [-0.15, -0.1) is 0 Å². The van der Waals surface area contributed by atoms with Crippen LogP contribution in [0.25, 0.3) is 0 Å². The molecule has 1 fully saturated rings. The summed E-state index contributed by atoms with van der Waals surface area (Å²) in [6, 6.07) is -0.299. The summed E-state index contributed by atoms with van der Waals surface area (Å²) in [6.07, 6.45) is 4.66. The third-order valence-electron chi connectivity index (χ3n) is 4.36. The smallest absolute Gasteiger partial charge is 0.242 e. The Kier molecular flexibility index (Phi) is 6.46. The first-order valence-corrected chi connectivity index (χ1v) is 7.83. The third-order valence-corrected chi connectivity index (χ3v) is 4.36. The zero-order chi connectivity index (χ0) is 15.2. The minimum absolute atomic E-state index is 0.0521. The topological polar surface area (TPSA) is 75.4 Å². The van der Waals surface area contributed by atoms with Crippen molar-refractivity contribution in [3.8, 4) is 0 Å². The van der Waals surface area contributed by atoms with Crippen molar-refractivity contribution in [3.63, 3.8) is 0 Å². The van der Waals surface area contributed by atoms with E-state index >= 15 is 0 Å². The van der Waals surface area contributed by atoms with E-state index in [2.05, 4.69) is 5.32 Å². The Bertz CT molecular complexity index is 340. The molecule has 116 valence electrons. The molecule has 5 heteroatoms. The number of rotatable bonds is 7. The average molecular weight is 283 g/mol. The summed E-state index contributed by atoms with van der Waals surface area (Å²) >= 11 is 0. The summed E-state index contributed by atoms with van der Waals surface area (Å²) in [5.41, 5.74) is 5.85. The average Bonchev–Trinajstić information content (AvgIpc) is 2.94. The highest BCUT2D eigenvalue weighted by Crippen LogP contribution is 2.19. The van der Waals surface area contributed by atoms with Gasteiger partial charge >= 0.3 is 0 Å². The van der Waals surface area contributed by atoms with Crippen molar-refractivity contribution >= 4 is 11.8 Å². The van der Waals surface area contributed by atoms with E-state index in [4.69, 9.17) is 5.73 Å². The number of nitrogens with zero attached hydrogens (tertiary/aromatic N) is 1. The van der Waals surface area contributed by atoms with Crippen molar-refractivity contribution in [2.75, 3.05) is 13.1 Å². The molecule has 0 spiro atoms. The molecule has 0 saturated carbocycles. The van der Waals surface area contributed by atoms with Crippen LogP contribution in [0.2, 0.25) is 0 Å². The van der Waals surface area contributed by atoms with Gasteiger partial charge in [0.2, 0.25) is 11.8 Å². The lowest BCUT2D eigenvalue weighted by Crippen LogP contribution is -2.53. The van der Waals surface area contributed by atoms with Gasteiger partial charge < -0.3 is 16.0 Å². The summed E-state index contributed by atoms with van der Waals surface area (Å²) in [6.45, 7) is 7.22. The molecular formula is C15H29N3O2. The Morgan fingerprint density at radius 2 is 1.95 bits per heavy atom. The van der Waals surface area contributed by atoms with E-state index in [0.29, 0.717) is 19.5 Å². The number of nitrogens with two attached hydrogens (primary N) is 1. The second kappa shape index (κ2) is 7.62. The molecule has 1 aliphatic heterocycles. The van der Waals surface area contributed by atoms with Crippen LogP contribution in [-0.4, -0.2) is 41.4 Å². The fourth-order valence-electron chi connectivity index (χ4n) is 2.58. The molecule has 0 aliphatic carbocycles. The summed E-state index contributed by atoms with van der Waals surface area (Å²) < 4.78 is 0. The summed E-state index contributed by atoms with van der Waals surface area (Å²) in [5, 5.41) is 2.94. The Hall–Kier alpha value is -1.10. The highest BCUT2D eigenvalue weighted by atomic mass is 16.2. The predicted molar refractivity (Wildman–Crippen MR) is 80.2 cm³/mol. The lowest BCUT2D eigenvalue weighted by atomic mass is 9.94. The predicted octanol–water partition coefficient (Wildman–Crippen LogP) is 1.41.